The number of para-hydroxylation sites is 1. The van der Waals surface area contributed by atoms with Gasteiger partial charge in [0, 0.05) is 0 Å². The summed E-state index contributed by atoms with van der Waals surface area (Å²) in [5, 5.41) is 8.41. The number of nitrogens with zero attached hydrogens (tertiary/aromatic N) is 1. The summed E-state index contributed by atoms with van der Waals surface area (Å²) >= 11 is 0. The quantitative estimate of drug-likeness (QED) is 0.722. The van der Waals surface area contributed by atoms with Crippen molar-refractivity contribution in [2.24, 2.45) is 0 Å². The Morgan fingerprint density at radius 2 is 1.30 bits per heavy atom. The molecular formula is C20H29NO2. The van der Waals surface area contributed by atoms with Crippen LogP contribution in [0.3, 0.4) is 0 Å². The number of methoxy groups -OCH3 is 2. The van der Waals surface area contributed by atoms with Gasteiger partial charge < -0.3 is 9.47 Å². The van der Waals surface area contributed by atoms with Gasteiger partial charge in [-0.3, -0.25) is 0 Å². The Kier molecular flexibility index (Phi) is 15.8. The number of rotatable bonds is 2. The molecule has 0 amide bonds. The van der Waals surface area contributed by atoms with Gasteiger partial charge >= 0.3 is 0 Å². The van der Waals surface area contributed by atoms with Crippen LogP contribution < -0.4 is 9.47 Å². The Morgan fingerprint density at radius 3 is 1.65 bits per heavy atom. The summed E-state index contributed by atoms with van der Waals surface area (Å²) in [7, 11) is 3.28. The molecule has 0 N–H and O–H groups in total. The maximum atomic E-state index is 8.41. The van der Waals surface area contributed by atoms with E-state index in [2.05, 4.69) is 0 Å². The number of ether oxygens (including phenoxy) is 2. The van der Waals surface area contributed by atoms with Crippen LogP contribution in [0.25, 0.3) is 0 Å². The van der Waals surface area contributed by atoms with Crippen LogP contribution in [0, 0.1) is 18.3 Å². The monoisotopic (exact) mass is 315 g/mol. The van der Waals surface area contributed by atoms with Crippen LogP contribution in [-0.4, -0.2) is 14.2 Å². The van der Waals surface area contributed by atoms with Crippen molar-refractivity contribution in [3.63, 3.8) is 0 Å². The molecule has 0 aliphatic rings. The molecule has 0 aromatic heterocycles. The summed E-state index contributed by atoms with van der Waals surface area (Å²) in [6, 6.07) is 16.9. The largest absolute Gasteiger partial charge is 0.497 e. The van der Waals surface area contributed by atoms with Gasteiger partial charge in [0.25, 0.3) is 0 Å². The van der Waals surface area contributed by atoms with E-state index in [1.807, 2.05) is 65.0 Å². The van der Waals surface area contributed by atoms with E-state index in [4.69, 9.17) is 14.7 Å². The van der Waals surface area contributed by atoms with Gasteiger partial charge in [-0.2, -0.15) is 5.26 Å². The molecule has 0 saturated heterocycles. The predicted octanol–water partition coefficient (Wildman–Crippen LogP) is 5.62. The molecule has 0 atom stereocenters. The molecule has 2 rings (SSSR count). The molecule has 0 saturated carbocycles. The van der Waals surface area contributed by atoms with Gasteiger partial charge in [0.1, 0.15) is 11.5 Å². The minimum absolute atomic E-state index is 0.654. The summed E-state index contributed by atoms with van der Waals surface area (Å²) in [5.74, 6) is 1.73. The lowest BCUT2D eigenvalue weighted by atomic mass is 10.2. The highest BCUT2D eigenvalue weighted by atomic mass is 16.5. The third kappa shape index (κ3) is 9.97. The molecule has 0 heterocycles. The zero-order chi connectivity index (χ0) is 18.1. The molecule has 0 aliphatic carbocycles. The molecule has 0 bridgehead atoms. The summed E-state index contributed by atoms with van der Waals surface area (Å²) in [5.41, 5.74) is 1.83. The number of aryl methyl sites for hydroxylation is 1. The van der Waals surface area contributed by atoms with Gasteiger partial charge in [-0.05, 0) is 42.8 Å². The first-order chi connectivity index (χ1) is 11.2. The predicted molar refractivity (Wildman–Crippen MR) is 98.1 cm³/mol. The molecule has 2 aromatic rings. The first-order valence-corrected chi connectivity index (χ1v) is 7.85. The van der Waals surface area contributed by atoms with Crippen molar-refractivity contribution < 1.29 is 9.47 Å². The first kappa shape index (κ1) is 22.8. The second-order valence-electron chi connectivity index (χ2n) is 3.81. The third-order valence-corrected chi connectivity index (χ3v) is 2.53. The zero-order valence-corrected chi connectivity index (χ0v) is 15.4. The fraction of sp³-hybridized carbons (Fsp3) is 0.350. The molecular weight excluding hydrogens is 286 g/mol. The van der Waals surface area contributed by atoms with Gasteiger partial charge in [0.05, 0.1) is 25.9 Å². The minimum atomic E-state index is 0.654. The fourth-order valence-electron chi connectivity index (χ4n) is 1.45. The van der Waals surface area contributed by atoms with Gasteiger partial charge in [-0.15, -0.1) is 0 Å². The van der Waals surface area contributed by atoms with Gasteiger partial charge in [0.2, 0.25) is 0 Å². The van der Waals surface area contributed by atoms with Crippen molar-refractivity contribution in [2.75, 3.05) is 14.2 Å². The van der Waals surface area contributed by atoms with E-state index in [-0.39, 0.29) is 0 Å². The average molecular weight is 315 g/mol. The summed E-state index contributed by atoms with van der Waals surface area (Å²) < 4.78 is 9.95. The third-order valence-electron chi connectivity index (χ3n) is 2.53. The Morgan fingerprint density at radius 1 is 0.783 bits per heavy atom. The standard InChI is InChI=1S/C8H7NO.C8H10O.2C2H6/c1-10-8-4-2-7(6-9)3-5-8;1-7-5-3-4-6-8(7)9-2;2*1-2/h2-5H,1H3;3-6H,1-2H3;2*1-2H3. The minimum Gasteiger partial charge on any atom is -0.497 e. The topological polar surface area (TPSA) is 42.2 Å². The van der Waals surface area contributed by atoms with Crippen LogP contribution in [0.5, 0.6) is 11.5 Å². The average Bonchev–Trinajstić information content (AvgIpc) is 2.66. The van der Waals surface area contributed by atoms with Gasteiger partial charge in [-0.1, -0.05) is 45.9 Å². The first-order valence-electron chi connectivity index (χ1n) is 7.85. The van der Waals surface area contributed by atoms with Crippen LogP contribution in [0.15, 0.2) is 48.5 Å². The van der Waals surface area contributed by atoms with Crippen molar-refractivity contribution in [2.45, 2.75) is 34.6 Å². The molecule has 23 heavy (non-hydrogen) atoms. The fourth-order valence-corrected chi connectivity index (χ4v) is 1.45. The van der Waals surface area contributed by atoms with Crippen LogP contribution in [0.1, 0.15) is 38.8 Å². The normalized spacial score (nSPS) is 7.74. The summed E-state index contributed by atoms with van der Waals surface area (Å²) in [4.78, 5) is 0. The van der Waals surface area contributed by atoms with E-state index in [1.165, 1.54) is 5.56 Å². The SMILES string of the molecule is CC.CC.COc1ccc(C#N)cc1.COc1ccccc1C. The van der Waals surface area contributed by atoms with Crippen molar-refractivity contribution in [3.8, 4) is 17.6 Å². The van der Waals surface area contributed by atoms with Crippen LogP contribution in [0.2, 0.25) is 0 Å². The van der Waals surface area contributed by atoms with Crippen molar-refractivity contribution >= 4 is 0 Å². The maximum Gasteiger partial charge on any atom is 0.121 e. The zero-order valence-electron chi connectivity index (χ0n) is 15.4. The summed E-state index contributed by atoms with van der Waals surface area (Å²) in [6.07, 6.45) is 0. The van der Waals surface area contributed by atoms with E-state index in [1.54, 1.807) is 38.5 Å². The van der Waals surface area contributed by atoms with E-state index in [0.29, 0.717) is 5.56 Å². The molecule has 3 nitrogen and oxygen atoms in total. The smallest absolute Gasteiger partial charge is 0.121 e. The van der Waals surface area contributed by atoms with Crippen molar-refractivity contribution in [3.05, 3.63) is 59.7 Å². The van der Waals surface area contributed by atoms with Gasteiger partial charge in [0.15, 0.2) is 0 Å². The lowest BCUT2D eigenvalue weighted by molar-refractivity contribution is 0.411. The van der Waals surface area contributed by atoms with E-state index in [0.717, 1.165) is 11.5 Å². The highest BCUT2D eigenvalue weighted by Crippen LogP contribution is 2.14. The Balaban J connectivity index is 0. The number of hydrogen-bond donors (Lipinski definition) is 0. The van der Waals surface area contributed by atoms with E-state index < -0.39 is 0 Å². The summed E-state index contributed by atoms with van der Waals surface area (Å²) in [6.45, 7) is 10.0. The molecule has 0 fully saturated rings. The Hall–Kier alpha value is -2.47. The molecule has 3 heteroatoms. The Labute approximate surface area is 141 Å². The van der Waals surface area contributed by atoms with Gasteiger partial charge in [-0.25, -0.2) is 0 Å². The maximum absolute atomic E-state index is 8.41. The highest BCUT2D eigenvalue weighted by Gasteiger charge is 1.91. The second kappa shape index (κ2) is 15.9. The van der Waals surface area contributed by atoms with E-state index in [9.17, 15) is 0 Å². The highest BCUT2D eigenvalue weighted by molar-refractivity contribution is 5.34. The van der Waals surface area contributed by atoms with Crippen LogP contribution >= 0.6 is 0 Å². The molecule has 0 unspecified atom stereocenters. The second-order valence-corrected chi connectivity index (χ2v) is 3.81. The number of nitriles is 1. The number of hydrogen-bond acceptors (Lipinski definition) is 3. The lowest BCUT2D eigenvalue weighted by Gasteiger charge is -2.00. The van der Waals surface area contributed by atoms with Crippen molar-refractivity contribution in [1.29, 1.82) is 5.26 Å². The van der Waals surface area contributed by atoms with Crippen LogP contribution in [-0.2, 0) is 0 Å². The molecule has 0 aliphatic heterocycles. The molecule has 2 aromatic carbocycles. The van der Waals surface area contributed by atoms with Crippen LogP contribution in [0.4, 0.5) is 0 Å². The van der Waals surface area contributed by atoms with Crippen molar-refractivity contribution in [1.82, 2.24) is 0 Å². The molecule has 0 spiro atoms. The lowest BCUT2D eigenvalue weighted by Crippen LogP contribution is -1.84. The Bertz CT molecular complexity index is 542. The van der Waals surface area contributed by atoms with E-state index >= 15 is 0 Å². The molecule has 126 valence electrons. The number of benzene rings is 2. The molecule has 0 radical (unpaired) electrons.